The molecular weight excluding hydrogens is 352 g/mol. The molecule has 1 amide bonds. The van der Waals surface area contributed by atoms with Crippen LogP contribution in [-0.2, 0) is 17.9 Å². The third-order valence-corrected chi connectivity index (χ3v) is 4.31. The number of fused-ring (bicyclic) bond motifs is 1. The second kappa shape index (κ2) is 7.87. The van der Waals surface area contributed by atoms with Gasteiger partial charge in [-0.25, -0.2) is 0 Å². The van der Waals surface area contributed by atoms with E-state index < -0.39 is 0 Å². The summed E-state index contributed by atoms with van der Waals surface area (Å²) in [5.41, 5.74) is 3.13. The molecule has 4 rings (SSSR count). The van der Waals surface area contributed by atoms with Gasteiger partial charge in [0.25, 0.3) is 0 Å². The molecule has 2 aromatic carbocycles. The summed E-state index contributed by atoms with van der Waals surface area (Å²) in [6.07, 6.45) is 7.45. The Morgan fingerprint density at radius 3 is 2.64 bits per heavy atom. The largest absolute Gasteiger partial charge is 0.306 e. The lowest BCUT2D eigenvalue weighted by molar-refractivity contribution is -0.116. The number of amides is 1. The molecule has 0 fully saturated rings. The normalized spacial score (nSPS) is 11.3. The molecule has 0 atom stereocenters. The molecule has 0 saturated carbocycles. The number of carbonyl (C=O) groups excluding carboxylic acids is 1. The Morgan fingerprint density at radius 2 is 1.86 bits per heavy atom. The number of aryl methyl sites for hydroxylation is 1. The average Bonchev–Trinajstić information content (AvgIpc) is 3.34. The van der Waals surface area contributed by atoms with E-state index in [1.54, 1.807) is 10.9 Å². The SMILES string of the molecule is CCn1ncc(NC(=O)Cn2ncc3cc(/C=C/c4ccccc4)ccc32)n1. The monoisotopic (exact) mass is 372 g/mol. The fourth-order valence-electron chi connectivity index (χ4n) is 2.92. The van der Waals surface area contributed by atoms with E-state index in [0.717, 1.165) is 22.0 Å². The molecule has 4 aromatic rings. The Balaban J connectivity index is 1.46. The van der Waals surface area contributed by atoms with Crippen LogP contribution in [0.3, 0.4) is 0 Å². The molecule has 0 aliphatic rings. The Morgan fingerprint density at radius 1 is 1.04 bits per heavy atom. The van der Waals surface area contributed by atoms with E-state index in [1.165, 1.54) is 11.0 Å². The van der Waals surface area contributed by atoms with Gasteiger partial charge in [0.15, 0.2) is 5.82 Å². The number of hydrogen-bond donors (Lipinski definition) is 1. The molecule has 7 heteroatoms. The van der Waals surface area contributed by atoms with Gasteiger partial charge in [-0.15, -0.1) is 5.10 Å². The van der Waals surface area contributed by atoms with E-state index in [4.69, 9.17) is 0 Å². The van der Waals surface area contributed by atoms with Crippen molar-refractivity contribution in [2.24, 2.45) is 0 Å². The lowest BCUT2D eigenvalue weighted by atomic mass is 10.1. The number of rotatable bonds is 6. The first-order valence-corrected chi connectivity index (χ1v) is 9.10. The van der Waals surface area contributed by atoms with Crippen LogP contribution >= 0.6 is 0 Å². The van der Waals surface area contributed by atoms with Gasteiger partial charge in [-0.2, -0.15) is 15.0 Å². The van der Waals surface area contributed by atoms with Crippen molar-refractivity contribution >= 4 is 34.8 Å². The molecule has 0 radical (unpaired) electrons. The summed E-state index contributed by atoms with van der Waals surface area (Å²) in [6, 6.07) is 16.2. The molecule has 28 heavy (non-hydrogen) atoms. The van der Waals surface area contributed by atoms with Crippen LogP contribution < -0.4 is 5.32 Å². The quantitative estimate of drug-likeness (QED) is 0.526. The molecule has 0 unspecified atom stereocenters. The molecule has 7 nitrogen and oxygen atoms in total. The summed E-state index contributed by atoms with van der Waals surface area (Å²) in [5.74, 6) is 0.248. The molecule has 140 valence electrons. The maximum absolute atomic E-state index is 12.3. The second-order valence-electron chi connectivity index (χ2n) is 6.33. The van der Waals surface area contributed by atoms with Gasteiger partial charge in [-0.1, -0.05) is 48.6 Å². The zero-order valence-electron chi connectivity index (χ0n) is 15.5. The first kappa shape index (κ1) is 17.7. The summed E-state index contributed by atoms with van der Waals surface area (Å²) in [4.78, 5) is 13.8. The van der Waals surface area contributed by atoms with Crippen LogP contribution in [0.25, 0.3) is 23.1 Å². The van der Waals surface area contributed by atoms with Crippen LogP contribution in [0.2, 0.25) is 0 Å². The summed E-state index contributed by atoms with van der Waals surface area (Å²) in [6.45, 7) is 2.70. The van der Waals surface area contributed by atoms with Crippen molar-refractivity contribution in [1.82, 2.24) is 24.8 Å². The first-order valence-electron chi connectivity index (χ1n) is 9.10. The van der Waals surface area contributed by atoms with E-state index in [2.05, 4.69) is 51.0 Å². The summed E-state index contributed by atoms with van der Waals surface area (Å²) < 4.78 is 1.68. The highest BCUT2D eigenvalue weighted by molar-refractivity contribution is 5.91. The van der Waals surface area contributed by atoms with Crippen LogP contribution in [0.4, 0.5) is 5.82 Å². The fraction of sp³-hybridized carbons (Fsp3) is 0.143. The highest BCUT2D eigenvalue weighted by Crippen LogP contribution is 2.18. The minimum atomic E-state index is -0.193. The van der Waals surface area contributed by atoms with Crippen LogP contribution in [0, 0.1) is 0 Å². The van der Waals surface area contributed by atoms with E-state index in [9.17, 15) is 4.79 Å². The van der Waals surface area contributed by atoms with E-state index in [0.29, 0.717) is 12.4 Å². The van der Waals surface area contributed by atoms with E-state index >= 15 is 0 Å². The Kier molecular flexibility index (Phi) is 4.97. The Labute approximate surface area is 162 Å². The fourth-order valence-corrected chi connectivity index (χ4v) is 2.92. The first-order chi connectivity index (χ1) is 13.7. The Bertz CT molecular complexity index is 1130. The summed E-state index contributed by atoms with van der Waals surface area (Å²) >= 11 is 0. The zero-order chi connectivity index (χ0) is 19.3. The zero-order valence-corrected chi connectivity index (χ0v) is 15.5. The molecule has 0 spiro atoms. The molecular formula is C21H20N6O. The van der Waals surface area contributed by atoms with Gasteiger partial charge in [0.05, 0.1) is 24.5 Å². The van der Waals surface area contributed by atoms with E-state index in [-0.39, 0.29) is 12.5 Å². The predicted molar refractivity (Wildman–Crippen MR) is 109 cm³/mol. The van der Waals surface area contributed by atoms with Crippen molar-refractivity contribution in [3.63, 3.8) is 0 Å². The Hall–Kier alpha value is -3.74. The third kappa shape index (κ3) is 3.98. The molecule has 0 bridgehead atoms. The predicted octanol–water partition coefficient (Wildman–Crippen LogP) is 3.46. The van der Waals surface area contributed by atoms with Crippen LogP contribution in [0.5, 0.6) is 0 Å². The molecule has 0 saturated heterocycles. The lowest BCUT2D eigenvalue weighted by Gasteiger charge is -2.04. The maximum atomic E-state index is 12.3. The number of benzene rings is 2. The standard InChI is InChI=1S/C21H20N6O/c1-2-27-23-14-20(25-27)24-21(28)15-26-19-11-10-17(12-18(19)13-22-26)9-8-16-6-4-3-5-7-16/h3-14H,2,15H2,1H3,(H,24,25,28)/b9-8+. The molecule has 2 aromatic heterocycles. The topological polar surface area (TPSA) is 77.6 Å². The smallest absolute Gasteiger partial charge is 0.247 e. The van der Waals surface area contributed by atoms with Gasteiger partial charge in [0.2, 0.25) is 5.91 Å². The summed E-state index contributed by atoms with van der Waals surface area (Å²) in [7, 11) is 0. The summed E-state index contributed by atoms with van der Waals surface area (Å²) in [5, 5.41) is 16.3. The number of nitrogens with one attached hydrogen (secondary N) is 1. The maximum Gasteiger partial charge on any atom is 0.247 e. The molecule has 1 N–H and O–H groups in total. The van der Waals surface area contributed by atoms with E-state index in [1.807, 2.05) is 37.3 Å². The minimum absolute atomic E-state index is 0.113. The molecule has 2 heterocycles. The number of aromatic nitrogens is 5. The highest BCUT2D eigenvalue weighted by atomic mass is 16.2. The van der Waals surface area contributed by atoms with Crippen LogP contribution in [0.15, 0.2) is 60.9 Å². The number of hydrogen-bond acceptors (Lipinski definition) is 4. The minimum Gasteiger partial charge on any atom is -0.306 e. The second-order valence-corrected chi connectivity index (χ2v) is 6.33. The van der Waals surface area contributed by atoms with Crippen molar-refractivity contribution in [2.45, 2.75) is 20.0 Å². The molecule has 0 aliphatic carbocycles. The van der Waals surface area contributed by atoms with Crippen LogP contribution in [0.1, 0.15) is 18.1 Å². The highest BCUT2D eigenvalue weighted by Gasteiger charge is 2.10. The average molecular weight is 372 g/mol. The van der Waals surface area contributed by atoms with Gasteiger partial charge in [-0.05, 0) is 30.2 Å². The number of nitrogens with zero attached hydrogens (tertiary/aromatic N) is 5. The van der Waals surface area contributed by atoms with Crippen molar-refractivity contribution in [3.8, 4) is 0 Å². The van der Waals surface area contributed by atoms with Crippen molar-refractivity contribution in [3.05, 3.63) is 72.1 Å². The van der Waals surface area contributed by atoms with Gasteiger partial charge < -0.3 is 5.32 Å². The van der Waals surface area contributed by atoms with Gasteiger partial charge in [-0.3, -0.25) is 9.48 Å². The third-order valence-electron chi connectivity index (χ3n) is 4.31. The lowest BCUT2D eigenvalue weighted by Crippen LogP contribution is -2.19. The number of anilines is 1. The van der Waals surface area contributed by atoms with Gasteiger partial charge in [0, 0.05) is 5.39 Å². The van der Waals surface area contributed by atoms with Crippen molar-refractivity contribution in [1.29, 1.82) is 0 Å². The van der Waals surface area contributed by atoms with Crippen molar-refractivity contribution < 1.29 is 4.79 Å². The van der Waals surface area contributed by atoms with Crippen LogP contribution in [-0.4, -0.2) is 30.7 Å². The van der Waals surface area contributed by atoms with Gasteiger partial charge >= 0.3 is 0 Å². The van der Waals surface area contributed by atoms with Crippen molar-refractivity contribution in [2.75, 3.05) is 5.32 Å². The number of carbonyl (C=O) groups is 1. The molecule has 0 aliphatic heterocycles. The van der Waals surface area contributed by atoms with Gasteiger partial charge in [0.1, 0.15) is 6.54 Å².